The van der Waals surface area contributed by atoms with E-state index in [0.29, 0.717) is 12.0 Å². The fourth-order valence-electron chi connectivity index (χ4n) is 3.18. The summed E-state index contributed by atoms with van der Waals surface area (Å²) in [4.78, 5) is 12.7. The lowest BCUT2D eigenvalue weighted by Crippen LogP contribution is -2.50. The number of hydrogen-bond donors (Lipinski definition) is 2. The molecule has 1 aliphatic carbocycles. The predicted octanol–water partition coefficient (Wildman–Crippen LogP) is 2.78. The normalized spacial score (nSPS) is 27.1. The van der Waals surface area contributed by atoms with Crippen LogP contribution < -0.4 is 10.6 Å². The van der Waals surface area contributed by atoms with Crippen molar-refractivity contribution in [1.29, 1.82) is 0 Å². The van der Waals surface area contributed by atoms with Crippen LogP contribution in [0.15, 0.2) is 24.3 Å². The van der Waals surface area contributed by atoms with E-state index in [-0.39, 0.29) is 11.3 Å². The van der Waals surface area contributed by atoms with Crippen molar-refractivity contribution in [2.75, 3.05) is 13.1 Å². The molecule has 2 N–H and O–H groups in total. The standard InChI is InChI=1S/C17H23ClN2O/c1-12-11-19-9-6-15(12)20-16(21)17(7-8-17)10-13-2-4-14(18)5-3-13/h2-5,12,15,19H,6-11H2,1H3,(H,20,21)/t12-,15-/m0/s1. The first-order chi connectivity index (χ1) is 10.1. The van der Waals surface area contributed by atoms with Crippen LogP contribution in [0.1, 0.15) is 31.7 Å². The molecule has 4 heteroatoms. The maximum absolute atomic E-state index is 12.7. The molecule has 0 unspecified atom stereocenters. The first-order valence-electron chi connectivity index (χ1n) is 7.85. The van der Waals surface area contributed by atoms with Crippen molar-refractivity contribution in [2.45, 2.75) is 38.6 Å². The third kappa shape index (κ3) is 3.41. The molecule has 1 aliphatic heterocycles. The lowest BCUT2D eigenvalue weighted by Gasteiger charge is -2.31. The van der Waals surface area contributed by atoms with Crippen molar-refractivity contribution in [3.63, 3.8) is 0 Å². The third-order valence-corrected chi connectivity index (χ3v) is 5.14. The monoisotopic (exact) mass is 306 g/mol. The molecule has 1 heterocycles. The van der Waals surface area contributed by atoms with Gasteiger partial charge in [-0.1, -0.05) is 30.7 Å². The van der Waals surface area contributed by atoms with Gasteiger partial charge in [0.2, 0.25) is 5.91 Å². The summed E-state index contributed by atoms with van der Waals surface area (Å²) in [5.74, 6) is 0.755. The smallest absolute Gasteiger partial charge is 0.226 e. The highest BCUT2D eigenvalue weighted by atomic mass is 35.5. The second-order valence-electron chi connectivity index (χ2n) is 6.63. The van der Waals surface area contributed by atoms with Crippen LogP contribution in [-0.2, 0) is 11.2 Å². The highest BCUT2D eigenvalue weighted by Crippen LogP contribution is 2.48. The van der Waals surface area contributed by atoms with Gasteiger partial charge in [0.05, 0.1) is 5.41 Å². The van der Waals surface area contributed by atoms with Crippen molar-refractivity contribution < 1.29 is 4.79 Å². The zero-order chi connectivity index (χ0) is 14.9. The Balaban J connectivity index is 1.62. The van der Waals surface area contributed by atoms with Gasteiger partial charge in [0.1, 0.15) is 0 Å². The van der Waals surface area contributed by atoms with E-state index in [1.165, 1.54) is 5.56 Å². The Morgan fingerprint density at radius 2 is 2.10 bits per heavy atom. The van der Waals surface area contributed by atoms with E-state index >= 15 is 0 Å². The van der Waals surface area contributed by atoms with Crippen LogP contribution in [0, 0.1) is 11.3 Å². The molecule has 21 heavy (non-hydrogen) atoms. The largest absolute Gasteiger partial charge is 0.353 e. The summed E-state index contributed by atoms with van der Waals surface area (Å²) in [7, 11) is 0. The molecule has 114 valence electrons. The predicted molar refractivity (Wildman–Crippen MR) is 85.4 cm³/mol. The van der Waals surface area contributed by atoms with E-state index in [0.717, 1.165) is 43.8 Å². The number of nitrogens with one attached hydrogen (secondary N) is 2. The van der Waals surface area contributed by atoms with E-state index in [1.807, 2.05) is 24.3 Å². The van der Waals surface area contributed by atoms with Gasteiger partial charge in [-0.05, 0) is 62.4 Å². The summed E-state index contributed by atoms with van der Waals surface area (Å²) in [5, 5.41) is 7.42. The average Bonchev–Trinajstić information content (AvgIpc) is 3.25. The number of piperidine rings is 1. The Labute approximate surface area is 131 Å². The van der Waals surface area contributed by atoms with Gasteiger partial charge in [-0.15, -0.1) is 0 Å². The van der Waals surface area contributed by atoms with Crippen molar-refractivity contribution in [2.24, 2.45) is 11.3 Å². The number of amides is 1. The van der Waals surface area contributed by atoms with E-state index in [1.54, 1.807) is 0 Å². The van der Waals surface area contributed by atoms with Crippen LogP contribution in [0.5, 0.6) is 0 Å². The number of benzene rings is 1. The molecule has 1 saturated heterocycles. The zero-order valence-electron chi connectivity index (χ0n) is 12.5. The molecule has 1 amide bonds. The Kier molecular flexibility index (Phi) is 4.23. The van der Waals surface area contributed by atoms with E-state index in [2.05, 4.69) is 17.6 Å². The molecule has 2 fully saturated rings. The van der Waals surface area contributed by atoms with Gasteiger partial charge in [0, 0.05) is 11.1 Å². The highest BCUT2D eigenvalue weighted by Gasteiger charge is 2.50. The summed E-state index contributed by atoms with van der Waals surface area (Å²) >= 11 is 5.92. The SMILES string of the molecule is C[C@H]1CNCC[C@@H]1NC(=O)C1(Cc2ccc(Cl)cc2)CC1. The summed E-state index contributed by atoms with van der Waals surface area (Å²) in [6, 6.07) is 8.19. The van der Waals surface area contributed by atoms with Crippen LogP contribution in [0.25, 0.3) is 0 Å². The maximum Gasteiger partial charge on any atom is 0.226 e. The van der Waals surface area contributed by atoms with E-state index in [9.17, 15) is 4.79 Å². The third-order valence-electron chi connectivity index (χ3n) is 4.89. The topological polar surface area (TPSA) is 41.1 Å². The molecule has 3 rings (SSSR count). The van der Waals surface area contributed by atoms with Gasteiger partial charge in [-0.25, -0.2) is 0 Å². The Morgan fingerprint density at radius 3 is 2.71 bits per heavy atom. The van der Waals surface area contributed by atoms with Gasteiger partial charge in [-0.3, -0.25) is 4.79 Å². The minimum atomic E-state index is -0.168. The Morgan fingerprint density at radius 1 is 1.38 bits per heavy atom. The van der Waals surface area contributed by atoms with Gasteiger partial charge in [0.15, 0.2) is 0 Å². The first kappa shape index (κ1) is 14.9. The number of halogens is 1. The van der Waals surface area contributed by atoms with Gasteiger partial charge in [0.25, 0.3) is 0 Å². The second kappa shape index (κ2) is 5.98. The molecule has 0 spiro atoms. The minimum absolute atomic E-state index is 0.168. The molecule has 0 aromatic heterocycles. The molecular weight excluding hydrogens is 284 g/mol. The lowest BCUT2D eigenvalue weighted by molar-refractivity contribution is -0.127. The van der Waals surface area contributed by atoms with Crippen LogP contribution in [-0.4, -0.2) is 25.0 Å². The Bertz CT molecular complexity index is 510. The first-order valence-corrected chi connectivity index (χ1v) is 8.23. The number of carbonyl (C=O) groups is 1. The zero-order valence-corrected chi connectivity index (χ0v) is 13.2. The van der Waals surface area contributed by atoms with Gasteiger partial charge in [-0.2, -0.15) is 0 Å². The molecule has 1 saturated carbocycles. The van der Waals surface area contributed by atoms with Crippen LogP contribution in [0.4, 0.5) is 0 Å². The summed E-state index contributed by atoms with van der Waals surface area (Å²) in [5.41, 5.74) is 1.03. The minimum Gasteiger partial charge on any atom is -0.353 e. The Hall–Kier alpha value is -1.06. The summed E-state index contributed by atoms with van der Waals surface area (Å²) < 4.78 is 0. The fourth-order valence-corrected chi connectivity index (χ4v) is 3.30. The van der Waals surface area contributed by atoms with Crippen molar-refractivity contribution in [3.8, 4) is 0 Å². The van der Waals surface area contributed by atoms with Crippen molar-refractivity contribution in [3.05, 3.63) is 34.9 Å². The van der Waals surface area contributed by atoms with Gasteiger partial charge >= 0.3 is 0 Å². The molecule has 1 aromatic rings. The van der Waals surface area contributed by atoms with Crippen LogP contribution in [0.3, 0.4) is 0 Å². The number of carbonyl (C=O) groups excluding carboxylic acids is 1. The molecule has 2 atom stereocenters. The fraction of sp³-hybridized carbons (Fsp3) is 0.588. The van der Waals surface area contributed by atoms with Crippen molar-refractivity contribution in [1.82, 2.24) is 10.6 Å². The lowest BCUT2D eigenvalue weighted by atomic mass is 9.91. The van der Waals surface area contributed by atoms with Crippen LogP contribution >= 0.6 is 11.6 Å². The highest BCUT2D eigenvalue weighted by molar-refractivity contribution is 6.30. The molecular formula is C17H23ClN2O. The second-order valence-corrected chi connectivity index (χ2v) is 7.07. The van der Waals surface area contributed by atoms with E-state index < -0.39 is 0 Å². The van der Waals surface area contributed by atoms with E-state index in [4.69, 9.17) is 11.6 Å². The molecule has 3 nitrogen and oxygen atoms in total. The summed E-state index contributed by atoms with van der Waals surface area (Å²) in [6.45, 7) is 4.20. The summed E-state index contributed by atoms with van der Waals surface area (Å²) in [6.07, 6.45) is 3.86. The number of rotatable bonds is 4. The molecule has 1 aromatic carbocycles. The average molecular weight is 307 g/mol. The van der Waals surface area contributed by atoms with Gasteiger partial charge < -0.3 is 10.6 Å². The molecule has 0 radical (unpaired) electrons. The van der Waals surface area contributed by atoms with Crippen LogP contribution in [0.2, 0.25) is 5.02 Å². The van der Waals surface area contributed by atoms with Crippen molar-refractivity contribution >= 4 is 17.5 Å². The maximum atomic E-state index is 12.7. The molecule has 2 aliphatic rings. The molecule has 0 bridgehead atoms. The number of hydrogen-bond acceptors (Lipinski definition) is 2. The quantitative estimate of drug-likeness (QED) is 0.898.